The monoisotopic (exact) mass is 559 g/mol. The maximum Gasteiger partial charge on any atom is 0.420 e. The summed E-state index contributed by atoms with van der Waals surface area (Å²) in [5, 5.41) is 14.2. The fourth-order valence-electron chi connectivity index (χ4n) is 3.85. The molecule has 0 unspecified atom stereocenters. The van der Waals surface area contributed by atoms with Gasteiger partial charge in [-0.05, 0) is 62.2 Å². The van der Waals surface area contributed by atoms with Crippen molar-refractivity contribution in [2.24, 2.45) is 0 Å². The Morgan fingerprint density at radius 2 is 1.77 bits per heavy atom. The predicted molar refractivity (Wildman–Crippen MR) is 137 cm³/mol. The normalized spacial score (nSPS) is 12.9. The molecule has 2 aromatic carbocycles. The number of ether oxygens (including phenoxy) is 2. The Kier molecular flexibility index (Phi) is 7.53. The van der Waals surface area contributed by atoms with Crippen LogP contribution in [0.1, 0.15) is 31.9 Å². The van der Waals surface area contributed by atoms with E-state index in [4.69, 9.17) is 9.47 Å². The van der Waals surface area contributed by atoms with Crippen LogP contribution in [0.2, 0.25) is 0 Å². The van der Waals surface area contributed by atoms with Gasteiger partial charge in [-0.25, -0.2) is 19.6 Å². The van der Waals surface area contributed by atoms with E-state index in [2.05, 4.69) is 20.6 Å². The predicted octanol–water partition coefficient (Wildman–Crippen LogP) is 5.08. The Hall–Kier alpha value is -4.88. The van der Waals surface area contributed by atoms with Crippen molar-refractivity contribution in [3.8, 4) is 17.4 Å². The molecule has 0 saturated heterocycles. The van der Waals surface area contributed by atoms with Gasteiger partial charge in [-0.1, -0.05) is 0 Å². The highest BCUT2D eigenvalue weighted by Gasteiger charge is 2.38. The lowest BCUT2D eigenvalue weighted by molar-refractivity contribution is -0.155. The molecule has 0 aliphatic carbocycles. The van der Waals surface area contributed by atoms with Gasteiger partial charge in [0, 0.05) is 30.9 Å². The Morgan fingerprint density at radius 1 is 1.02 bits per heavy atom. The largest absolute Gasteiger partial charge is 0.478 e. The van der Waals surface area contributed by atoms with Crippen LogP contribution in [0.25, 0.3) is 0 Å². The highest BCUT2D eigenvalue weighted by atomic mass is 19.4. The number of hydrogen-bond acceptors (Lipinski definition) is 7. The molecular weight excluding hydrogens is 535 g/mol. The zero-order valence-corrected chi connectivity index (χ0v) is 21.5. The number of aromatic nitrogens is 2. The zero-order chi connectivity index (χ0) is 29.2. The maximum atomic E-state index is 13.7. The van der Waals surface area contributed by atoms with Crippen LogP contribution < -0.4 is 25.0 Å². The fraction of sp³-hybridized carbons (Fsp3) is 0.269. The number of rotatable bonds is 7. The summed E-state index contributed by atoms with van der Waals surface area (Å²) in [7, 11) is 0. The number of urea groups is 1. The molecule has 0 fully saturated rings. The minimum absolute atomic E-state index is 0.148. The minimum atomic E-state index is -4.87. The molecule has 4 rings (SSSR count). The Morgan fingerprint density at radius 3 is 2.45 bits per heavy atom. The van der Waals surface area contributed by atoms with Crippen LogP contribution in [-0.4, -0.2) is 45.1 Å². The first-order valence-electron chi connectivity index (χ1n) is 11.9. The van der Waals surface area contributed by atoms with E-state index in [1.165, 1.54) is 30.3 Å². The minimum Gasteiger partial charge on any atom is -0.478 e. The standard InChI is InChI=1S/C26H24F3N5O6/c1-14(35)32-21-12-22(31-13-30-21)39-17-5-6-19-15(10-17)8-9-34(19)24(38)33-16-4-7-20(18(11-16)26(27,28)29)40-25(2,3)23(36)37/h4-7,10-13H,8-9H2,1-3H3,(H,33,38)(H,36,37)(H,30,31,32,35). The summed E-state index contributed by atoms with van der Waals surface area (Å²) in [5.41, 5.74) is -1.97. The average molecular weight is 560 g/mol. The number of nitrogens with one attached hydrogen (secondary N) is 2. The van der Waals surface area contributed by atoms with Crippen LogP contribution >= 0.6 is 0 Å². The molecule has 3 aromatic rings. The third-order valence-electron chi connectivity index (χ3n) is 5.78. The number of fused-ring (bicyclic) bond motifs is 1. The molecule has 40 heavy (non-hydrogen) atoms. The number of carboxylic acids is 1. The number of amides is 3. The Balaban J connectivity index is 1.49. The number of aliphatic carboxylic acids is 1. The van der Waals surface area contributed by atoms with E-state index < -0.39 is 35.1 Å². The van der Waals surface area contributed by atoms with Gasteiger partial charge < -0.3 is 25.2 Å². The van der Waals surface area contributed by atoms with E-state index in [1.807, 2.05) is 0 Å². The van der Waals surface area contributed by atoms with Crippen LogP contribution in [-0.2, 0) is 22.2 Å². The first-order valence-corrected chi connectivity index (χ1v) is 11.9. The van der Waals surface area contributed by atoms with Gasteiger partial charge in [-0.3, -0.25) is 9.69 Å². The van der Waals surface area contributed by atoms with Crippen LogP contribution in [0.4, 0.5) is 35.2 Å². The highest BCUT2D eigenvalue weighted by molar-refractivity contribution is 6.03. The lowest BCUT2D eigenvalue weighted by Crippen LogP contribution is -2.38. The smallest absolute Gasteiger partial charge is 0.420 e. The van der Waals surface area contributed by atoms with Crippen molar-refractivity contribution in [1.29, 1.82) is 0 Å². The molecule has 0 radical (unpaired) electrons. The number of halogens is 3. The topological polar surface area (TPSA) is 143 Å². The number of alkyl halides is 3. The van der Waals surface area contributed by atoms with Crippen LogP contribution in [0.5, 0.6) is 17.4 Å². The number of carbonyl (C=O) groups excluding carboxylic acids is 2. The number of benzene rings is 2. The second-order valence-electron chi connectivity index (χ2n) is 9.27. The molecule has 3 amide bonds. The van der Waals surface area contributed by atoms with Gasteiger partial charge in [0.05, 0.1) is 5.56 Å². The second kappa shape index (κ2) is 10.7. The maximum absolute atomic E-state index is 13.7. The number of nitrogens with zero attached hydrogens (tertiary/aromatic N) is 3. The quantitative estimate of drug-likeness (QED) is 0.364. The van der Waals surface area contributed by atoms with Gasteiger partial charge in [0.25, 0.3) is 0 Å². The van der Waals surface area contributed by atoms with E-state index in [0.717, 1.165) is 25.5 Å². The number of carboxylic acid groups (broad SMARTS) is 1. The van der Waals surface area contributed by atoms with Crippen molar-refractivity contribution in [1.82, 2.24) is 9.97 Å². The Labute approximate surface area is 225 Å². The van der Waals surface area contributed by atoms with Gasteiger partial charge >= 0.3 is 18.2 Å². The van der Waals surface area contributed by atoms with E-state index in [-0.39, 0.29) is 29.8 Å². The molecule has 11 nitrogen and oxygen atoms in total. The first kappa shape index (κ1) is 28.1. The van der Waals surface area contributed by atoms with Crippen molar-refractivity contribution in [3.63, 3.8) is 0 Å². The molecule has 0 saturated carbocycles. The van der Waals surface area contributed by atoms with Crippen molar-refractivity contribution in [3.05, 3.63) is 59.9 Å². The van der Waals surface area contributed by atoms with Gasteiger partial charge in [-0.2, -0.15) is 13.2 Å². The zero-order valence-electron chi connectivity index (χ0n) is 21.5. The fourth-order valence-corrected chi connectivity index (χ4v) is 3.85. The van der Waals surface area contributed by atoms with Crippen LogP contribution in [0.15, 0.2) is 48.8 Å². The highest BCUT2D eigenvalue weighted by Crippen LogP contribution is 2.40. The summed E-state index contributed by atoms with van der Waals surface area (Å²) in [6.07, 6.45) is -3.17. The van der Waals surface area contributed by atoms with Crippen LogP contribution in [0, 0.1) is 0 Å². The summed E-state index contributed by atoms with van der Waals surface area (Å²) in [4.78, 5) is 44.8. The van der Waals surface area contributed by atoms with Gasteiger partial charge in [0.2, 0.25) is 11.8 Å². The van der Waals surface area contributed by atoms with Gasteiger partial charge in [0.1, 0.15) is 23.6 Å². The summed E-state index contributed by atoms with van der Waals surface area (Å²) >= 11 is 0. The molecular formula is C26H24F3N5O6. The van der Waals surface area contributed by atoms with Crippen molar-refractivity contribution >= 4 is 35.1 Å². The molecule has 0 bridgehead atoms. The third-order valence-corrected chi connectivity index (χ3v) is 5.78. The lowest BCUT2D eigenvalue weighted by atomic mass is 10.1. The molecule has 2 heterocycles. The number of carbonyl (C=O) groups is 3. The number of hydrogen-bond donors (Lipinski definition) is 3. The summed E-state index contributed by atoms with van der Waals surface area (Å²) < 4.78 is 52.0. The third kappa shape index (κ3) is 6.39. The molecule has 3 N–H and O–H groups in total. The lowest BCUT2D eigenvalue weighted by Gasteiger charge is -2.24. The van der Waals surface area contributed by atoms with Crippen molar-refractivity contribution in [2.75, 3.05) is 22.1 Å². The Bertz CT molecular complexity index is 1480. The summed E-state index contributed by atoms with van der Waals surface area (Å²) in [5.74, 6) is -1.55. The molecule has 1 aliphatic rings. The molecule has 1 aromatic heterocycles. The van der Waals surface area contributed by atoms with Gasteiger partial charge in [0.15, 0.2) is 5.60 Å². The molecule has 210 valence electrons. The average Bonchev–Trinajstić information content (AvgIpc) is 3.27. The van der Waals surface area contributed by atoms with E-state index in [0.29, 0.717) is 23.9 Å². The first-order chi connectivity index (χ1) is 18.7. The second-order valence-corrected chi connectivity index (χ2v) is 9.27. The SMILES string of the molecule is CC(=O)Nc1cc(Oc2ccc3c(c2)CCN3C(=O)Nc2ccc(OC(C)(C)C(=O)O)c(C(F)(F)F)c2)ncn1. The van der Waals surface area contributed by atoms with E-state index in [1.54, 1.807) is 18.2 Å². The van der Waals surface area contributed by atoms with E-state index in [9.17, 15) is 32.7 Å². The summed E-state index contributed by atoms with van der Waals surface area (Å²) in [6, 6.07) is 8.60. The molecule has 0 atom stereocenters. The molecule has 0 spiro atoms. The summed E-state index contributed by atoms with van der Waals surface area (Å²) in [6.45, 7) is 3.86. The molecule has 14 heteroatoms. The van der Waals surface area contributed by atoms with Crippen molar-refractivity contribution < 1.29 is 42.1 Å². The molecule has 1 aliphatic heterocycles. The van der Waals surface area contributed by atoms with Crippen LogP contribution in [0.3, 0.4) is 0 Å². The van der Waals surface area contributed by atoms with Crippen molar-refractivity contribution in [2.45, 2.75) is 39.0 Å². The number of anilines is 3. The van der Waals surface area contributed by atoms with E-state index >= 15 is 0 Å². The van der Waals surface area contributed by atoms with Gasteiger partial charge in [-0.15, -0.1) is 0 Å².